The zero-order valence-corrected chi connectivity index (χ0v) is 14.4. The molecule has 0 spiro atoms. The van der Waals surface area contributed by atoms with E-state index in [1.54, 1.807) is 43.3 Å². The molecular weight excluding hydrogens is 376 g/mol. The first kappa shape index (κ1) is 17.7. The number of anilines is 2. The minimum Gasteiger partial charge on any atom is -0.459 e. The van der Waals surface area contributed by atoms with E-state index < -0.39 is 17.8 Å². The number of hydrogen-bond acceptors (Lipinski definition) is 4. The number of para-hydroxylation sites is 2. The van der Waals surface area contributed by atoms with Crippen molar-refractivity contribution >= 4 is 45.1 Å². The number of carbonyl (C=O) groups excluding carboxylic acids is 3. The Balaban J connectivity index is 2.19. The van der Waals surface area contributed by atoms with Crippen LogP contribution in [0.2, 0.25) is 0 Å². The average molecular weight is 391 g/mol. The molecule has 124 valence electrons. The maximum absolute atomic E-state index is 12.5. The third-order valence-corrected chi connectivity index (χ3v) is 3.69. The van der Waals surface area contributed by atoms with Crippen LogP contribution in [0.25, 0.3) is 0 Å². The Labute approximate surface area is 147 Å². The van der Waals surface area contributed by atoms with E-state index >= 15 is 0 Å². The van der Waals surface area contributed by atoms with E-state index in [0.717, 1.165) is 4.47 Å². The summed E-state index contributed by atoms with van der Waals surface area (Å²) in [6.07, 6.45) is 0. The van der Waals surface area contributed by atoms with Gasteiger partial charge in [0.15, 0.2) is 0 Å². The number of nitrogens with one attached hydrogen (secondary N) is 2. The first-order chi connectivity index (χ1) is 11.5. The first-order valence-electron chi connectivity index (χ1n) is 7.16. The highest BCUT2D eigenvalue weighted by molar-refractivity contribution is 9.10. The largest absolute Gasteiger partial charge is 0.459 e. The Morgan fingerprint density at radius 3 is 2.25 bits per heavy atom. The maximum atomic E-state index is 12.5. The predicted molar refractivity (Wildman–Crippen MR) is 93.8 cm³/mol. The molecule has 0 fully saturated rings. The van der Waals surface area contributed by atoms with Crippen molar-refractivity contribution in [2.75, 3.05) is 17.2 Å². The molecule has 0 unspecified atom stereocenters. The molecule has 0 aliphatic carbocycles. The topological polar surface area (TPSA) is 84.5 Å². The van der Waals surface area contributed by atoms with Crippen LogP contribution in [0.4, 0.5) is 11.4 Å². The second-order valence-electron chi connectivity index (χ2n) is 4.65. The van der Waals surface area contributed by atoms with Crippen LogP contribution < -0.4 is 10.6 Å². The quantitative estimate of drug-likeness (QED) is 0.619. The predicted octanol–water partition coefficient (Wildman–Crippen LogP) is 3.20. The van der Waals surface area contributed by atoms with Gasteiger partial charge in [-0.3, -0.25) is 9.59 Å². The lowest BCUT2D eigenvalue weighted by atomic mass is 10.1. The van der Waals surface area contributed by atoms with Gasteiger partial charge in [0.05, 0.1) is 23.5 Å². The van der Waals surface area contributed by atoms with Crippen molar-refractivity contribution in [1.29, 1.82) is 0 Å². The second-order valence-corrected chi connectivity index (χ2v) is 5.51. The van der Waals surface area contributed by atoms with Crippen LogP contribution in [0.5, 0.6) is 0 Å². The third-order valence-electron chi connectivity index (χ3n) is 3.00. The summed E-state index contributed by atoms with van der Waals surface area (Å²) < 4.78 is 5.36. The summed E-state index contributed by atoms with van der Waals surface area (Å²) in [6.45, 7) is 1.70. The van der Waals surface area contributed by atoms with Gasteiger partial charge in [-0.15, -0.1) is 0 Å². The molecule has 0 heterocycles. The molecule has 0 radical (unpaired) electrons. The van der Waals surface area contributed by atoms with E-state index in [1.807, 2.05) is 6.07 Å². The summed E-state index contributed by atoms with van der Waals surface area (Å²) in [7, 11) is 0. The molecule has 0 bridgehead atoms. The van der Waals surface area contributed by atoms with Crippen molar-refractivity contribution in [3.8, 4) is 0 Å². The standard InChI is InChI=1S/C17H15BrN2O4/c1-2-24-17(23)16(22)19-13-9-5-3-7-11(13)15(21)20-14-10-6-4-8-12(14)18/h3-10H,2H2,1H3,(H,19,22)(H,20,21). The summed E-state index contributed by atoms with van der Waals surface area (Å²) in [4.78, 5) is 35.7. The molecule has 2 N–H and O–H groups in total. The number of rotatable bonds is 4. The van der Waals surface area contributed by atoms with E-state index in [-0.39, 0.29) is 17.9 Å². The lowest BCUT2D eigenvalue weighted by molar-refractivity contribution is -0.152. The molecule has 0 aliphatic rings. The van der Waals surface area contributed by atoms with Crippen molar-refractivity contribution in [2.24, 2.45) is 0 Å². The highest BCUT2D eigenvalue weighted by Crippen LogP contribution is 2.23. The first-order valence-corrected chi connectivity index (χ1v) is 7.95. The fourth-order valence-electron chi connectivity index (χ4n) is 1.91. The van der Waals surface area contributed by atoms with Gasteiger partial charge in [-0.1, -0.05) is 24.3 Å². The van der Waals surface area contributed by atoms with Gasteiger partial charge >= 0.3 is 11.9 Å². The van der Waals surface area contributed by atoms with Crippen molar-refractivity contribution in [3.63, 3.8) is 0 Å². The van der Waals surface area contributed by atoms with Gasteiger partial charge in [-0.2, -0.15) is 0 Å². The molecule has 24 heavy (non-hydrogen) atoms. The maximum Gasteiger partial charge on any atom is 0.397 e. The van der Waals surface area contributed by atoms with Crippen molar-refractivity contribution in [2.45, 2.75) is 6.92 Å². The summed E-state index contributed by atoms with van der Waals surface area (Å²) in [5, 5.41) is 5.13. The molecule has 2 rings (SSSR count). The van der Waals surface area contributed by atoms with E-state index in [9.17, 15) is 14.4 Å². The molecule has 7 heteroatoms. The second kappa shape index (κ2) is 8.26. The van der Waals surface area contributed by atoms with Gasteiger partial charge in [-0.25, -0.2) is 4.79 Å². The summed E-state index contributed by atoms with van der Waals surface area (Å²) in [6, 6.07) is 13.5. The van der Waals surface area contributed by atoms with Gasteiger partial charge in [0.2, 0.25) is 0 Å². The highest BCUT2D eigenvalue weighted by Gasteiger charge is 2.19. The van der Waals surface area contributed by atoms with E-state index in [0.29, 0.717) is 5.69 Å². The van der Waals surface area contributed by atoms with Crippen LogP contribution in [-0.2, 0) is 14.3 Å². The fraction of sp³-hybridized carbons (Fsp3) is 0.118. The number of ether oxygens (including phenoxy) is 1. The average Bonchev–Trinajstić information content (AvgIpc) is 2.57. The molecule has 2 aromatic carbocycles. The van der Waals surface area contributed by atoms with Crippen LogP contribution in [0.1, 0.15) is 17.3 Å². The number of amides is 2. The number of esters is 1. The van der Waals surface area contributed by atoms with Gasteiger partial charge in [0.25, 0.3) is 5.91 Å². The third kappa shape index (κ3) is 4.42. The lowest BCUT2D eigenvalue weighted by Crippen LogP contribution is -2.26. The van der Waals surface area contributed by atoms with Crippen molar-refractivity contribution in [3.05, 3.63) is 58.6 Å². The van der Waals surface area contributed by atoms with Crippen molar-refractivity contribution < 1.29 is 19.1 Å². The lowest BCUT2D eigenvalue weighted by Gasteiger charge is -2.11. The zero-order chi connectivity index (χ0) is 17.5. The summed E-state index contributed by atoms with van der Waals surface area (Å²) in [5.41, 5.74) is 1.04. The van der Waals surface area contributed by atoms with Crippen LogP contribution in [0.15, 0.2) is 53.0 Å². The number of carbonyl (C=O) groups is 3. The van der Waals surface area contributed by atoms with Gasteiger partial charge < -0.3 is 15.4 Å². The van der Waals surface area contributed by atoms with Crippen LogP contribution in [0, 0.1) is 0 Å². The Morgan fingerprint density at radius 1 is 0.958 bits per heavy atom. The molecule has 0 saturated carbocycles. The molecule has 0 aromatic heterocycles. The Hall–Kier alpha value is -2.67. The molecule has 6 nitrogen and oxygen atoms in total. The van der Waals surface area contributed by atoms with Gasteiger partial charge in [0.1, 0.15) is 0 Å². The van der Waals surface area contributed by atoms with E-state index in [1.165, 1.54) is 6.07 Å². The van der Waals surface area contributed by atoms with Gasteiger partial charge in [0, 0.05) is 4.47 Å². The summed E-state index contributed by atoms with van der Waals surface area (Å²) in [5.74, 6) is -2.35. The number of benzene rings is 2. The molecule has 2 amide bonds. The van der Waals surface area contributed by atoms with Gasteiger partial charge in [-0.05, 0) is 47.1 Å². The summed E-state index contributed by atoms with van der Waals surface area (Å²) >= 11 is 3.35. The fourth-order valence-corrected chi connectivity index (χ4v) is 2.30. The zero-order valence-electron chi connectivity index (χ0n) is 12.8. The monoisotopic (exact) mass is 390 g/mol. The number of hydrogen-bond donors (Lipinski definition) is 2. The molecule has 2 aromatic rings. The molecular formula is C17H15BrN2O4. The highest BCUT2D eigenvalue weighted by atomic mass is 79.9. The molecule has 0 atom stereocenters. The number of halogens is 1. The molecule has 0 saturated heterocycles. The minimum absolute atomic E-state index is 0.0937. The Kier molecular flexibility index (Phi) is 6.08. The van der Waals surface area contributed by atoms with Crippen molar-refractivity contribution in [1.82, 2.24) is 0 Å². The van der Waals surface area contributed by atoms with E-state index in [4.69, 9.17) is 0 Å². The SMILES string of the molecule is CCOC(=O)C(=O)Nc1ccccc1C(=O)Nc1ccccc1Br. The Morgan fingerprint density at radius 2 is 1.58 bits per heavy atom. The van der Waals surface area contributed by atoms with Crippen LogP contribution in [-0.4, -0.2) is 24.4 Å². The smallest absolute Gasteiger partial charge is 0.397 e. The Bertz CT molecular complexity index is 777. The normalized spacial score (nSPS) is 9.92. The van der Waals surface area contributed by atoms with Crippen LogP contribution in [0.3, 0.4) is 0 Å². The minimum atomic E-state index is -1.00. The molecule has 0 aliphatic heterocycles. The van der Waals surface area contributed by atoms with E-state index in [2.05, 4.69) is 31.3 Å². The van der Waals surface area contributed by atoms with Crippen LogP contribution >= 0.6 is 15.9 Å².